The van der Waals surface area contributed by atoms with E-state index in [-0.39, 0.29) is 30.2 Å². The number of guanidine groups is 1. The number of hydrogen-bond donors (Lipinski definition) is 6. The van der Waals surface area contributed by atoms with Crippen molar-refractivity contribution in [1.82, 2.24) is 21.3 Å². The summed E-state index contributed by atoms with van der Waals surface area (Å²) in [5.41, 5.74) is 5.16. The van der Waals surface area contributed by atoms with Crippen molar-refractivity contribution in [3.8, 4) is 0 Å². The van der Waals surface area contributed by atoms with Crippen molar-refractivity contribution < 1.29 is 14.4 Å². The molecular formula is C14H28N6O3. The summed E-state index contributed by atoms with van der Waals surface area (Å²) >= 11 is 0. The molecule has 9 nitrogen and oxygen atoms in total. The maximum absolute atomic E-state index is 11.8. The number of likely N-dealkylation sites (N-methyl/N-ethyl adjacent to an activating group) is 1. The molecule has 0 heterocycles. The van der Waals surface area contributed by atoms with Gasteiger partial charge in [-0.05, 0) is 18.8 Å². The third kappa shape index (κ3) is 11.0. The highest BCUT2D eigenvalue weighted by molar-refractivity contribution is 5.90. The first kappa shape index (κ1) is 20.7. The predicted octanol–water partition coefficient (Wildman–Crippen LogP) is -1.36. The zero-order chi connectivity index (χ0) is 17.8. The summed E-state index contributed by atoms with van der Waals surface area (Å²) in [6.45, 7) is 4.10. The molecule has 0 aromatic rings. The van der Waals surface area contributed by atoms with Gasteiger partial charge in [0.1, 0.15) is 6.04 Å². The molecule has 0 aliphatic rings. The second kappa shape index (κ2) is 11.3. The first-order valence-electron chi connectivity index (χ1n) is 7.61. The number of nitrogens with two attached hydrogens (primary N) is 1. The van der Waals surface area contributed by atoms with E-state index < -0.39 is 11.9 Å². The van der Waals surface area contributed by atoms with Gasteiger partial charge in [0.2, 0.25) is 17.7 Å². The molecule has 0 aliphatic heterocycles. The van der Waals surface area contributed by atoms with Crippen LogP contribution in [-0.2, 0) is 14.4 Å². The van der Waals surface area contributed by atoms with Crippen molar-refractivity contribution in [2.45, 2.75) is 39.2 Å². The highest BCUT2D eigenvalue weighted by atomic mass is 16.2. The first-order chi connectivity index (χ1) is 10.8. The van der Waals surface area contributed by atoms with Gasteiger partial charge >= 0.3 is 0 Å². The van der Waals surface area contributed by atoms with Gasteiger partial charge in [0.15, 0.2) is 5.96 Å². The van der Waals surface area contributed by atoms with E-state index >= 15 is 0 Å². The lowest BCUT2D eigenvalue weighted by molar-refractivity contribution is -0.129. The highest BCUT2D eigenvalue weighted by Crippen LogP contribution is 1.99. The Kier molecular flexibility index (Phi) is 10.1. The van der Waals surface area contributed by atoms with Gasteiger partial charge in [-0.2, -0.15) is 0 Å². The van der Waals surface area contributed by atoms with Crippen LogP contribution in [0, 0.1) is 11.3 Å². The Hall–Kier alpha value is -2.32. The fraction of sp³-hybridized carbons (Fsp3) is 0.714. The lowest BCUT2D eigenvalue weighted by Gasteiger charge is -2.17. The smallest absolute Gasteiger partial charge is 0.242 e. The normalized spacial score (nSPS) is 11.5. The molecule has 0 saturated heterocycles. The first-order valence-corrected chi connectivity index (χ1v) is 7.61. The van der Waals surface area contributed by atoms with E-state index in [1.54, 1.807) is 0 Å². The molecule has 3 amide bonds. The van der Waals surface area contributed by atoms with E-state index in [2.05, 4.69) is 21.3 Å². The van der Waals surface area contributed by atoms with Gasteiger partial charge in [-0.15, -0.1) is 0 Å². The molecule has 0 aliphatic carbocycles. The molecule has 0 bridgehead atoms. The third-order valence-corrected chi connectivity index (χ3v) is 2.92. The topological polar surface area (TPSA) is 149 Å². The van der Waals surface area contributed by atoms with Crippen LogP contribution in [0.4, 0.5) is 0 Å². The second-order valence-corrected chi connectivity index (χ2v) is 5.59. The summed E-state index contributed by atoms with van der Waals surface area (Å²) < 4.78 is 0. The highest BCUT2D eigenvalue weighted by Gasteiger charge is 2.19. The largest absolute Gasteiger partial charge is 0.370 e. The van der Waals surface area contributed by atoms with Crippen LogP contribution in [-0.4, -0.2) is 49.9 Å². The summed E-state index contributed by atoms with van der Waals surface area (Å²) in [4.78, 5) is 35.1. The van der Waals surface area contributed by atoms with E-state index in [0.29, 0.717) is 25.8 Å². The van der Waals surface area contributed by atoms with Crippen LogP contribution in [0.5, 0.6) is 0 Å². The zero-order valence-corrected chi connectivity index (χ0v) is 14.0. The van der Waals surface area contributed by atoms with Crippen LogP contribution in [0.15, 0.2) is 0 Å². The monoisotopic (exact) mass is 328 g/mol. The fourth-order valence-electron chi connectivity index (χ4n) is 1.84. The van der Waals surface area contributed by atoms with Crippen LogP contribution in [0.2, 0.25) is 0 Å². The summed E-state index contributed by atoms with van der Waals surface area (Å²) in [6.07, 6.45) is 1.30. The van der Waals surface area contributed by atoms with Crippen LogP contribution in [0.3, 0.4) is 0 Å². The SMILES string of the molecule is CNC(=O)C(CCCNC(=N)N)NC(=O)CNC(=O)CC(C)C. The van der Waals surface area contributed by atoms with Crippen LogP contribution in [0.25, 0.3) is 0 Å². The molecule has 1 atom stereocenters. The van der Waals surface area contributed by atoms with Crippen LogP contribution < -0.4 is 27.0 Å². The molecule has 0 rings (SSSR count). The maximum Gasteiger partial charge on any atom is 0.242 e. The average Bonchev–Trinajstić information content (AvgIpc) is 2.46. The summed E-state index contributed by atoms with van der Waals surface area (Å²) in [5.74, 6) is -0.855. The van der Waals surface area contributed by atoms with Gasteiger partial charge in [0, 0.05) is 20.0 Å². The molecule has 7 N–H and O–H groups in total. The minimum atomic E-state index is -0.691. The molecule has 0 aromatic carbocycles. The number of carbonyl (C=O) groups excluding carboxylic acids is 3. The Bertz CT molecular complexity index is 425. The van der Waals surface area contributed by atoms with Crippen molar-refractivity contribution >= 4 is 23.7 Å². The number of amides is 3. The third-order valence-electron chi connectivity index (χ3n) is 2.92. The lowest BCUT2D eigenvalue weighted by Crippen LogP contribution is -2.49. The average molecular weight is 328 g/mol. The maximum atomic E-state index is 11.8. The molecule has 0 radical (unpaired) electrons. The summed E-state index contributed by atoms with van der Waals surface area (Å²) in [5, 5.41) is 17.3. The Balaban J connectivity index is 4.25. The minimum absolute atomic E-state index is 0.140. The van der Waals surface area contributed by atoms with E-state index in [9.17, 15) is 14.4 Å². The van der Waals surface area contributed by atoms with Crippen molar-refractivity contribution in [2.24, 2.45) is 11.7 Å². The quantitative estimate of drug-likeness (QED) is 0.166. The zero-order valence-electron chi connectivity index (χ0n) is 14.0. The molecule has 9 heteroatoms. The Labute approximate surface area is 136 Å². The molecule has 23 heavy (non-hydrogen) atoms. The molecule has 0 fully saturated rings. The number of carbonyl (C=O) groups is 3. The lowest BCUT2D eigenvalue weighted by atomic mass is 10.1. The Morgan fingerprint density at radius 3 is 2.30 bits per heavy atom. The van der Waals surface area contributed by atoms with Crippen molar-refractivity contribution in [1.29, 1.82) is 5.41 Å². The number of hydrogen-bond acceptors (Lipinski definition) is 4. The van der Waals surface area contributed by atoms with Crippen molar-refractivity contribution in [2.75, 3.05) is 20.1 Å². The van der Waals surface area contributed by atoms with Crippen LogP contribution in [0.1, 0.15) is 33.1 Å². The number of nitrogens with one attached hydrogen (secondary N) is 5. The molecule has 1 unspecified atom stereocenters. The summed E-state index contributed by atoms with van der Waals surface area (Å²) in [7, 11) is 1.49. The molecule has 0 spiro atoms. The molecule has 0 saturated carbocycles. The number of rotatable bonds is 10. The predicted molar refractivity (Wildman–Crippen MR) is 87.6 cm³/mol. The second-order valence-electron chi connectivity index (χ2n) is 5.59. The minimum Gasteiger partial charge on any atom is -0.370 e. The fourth-order valence-corrected chi connectivity index (χ4v) is 1.84. The van der Waals surface area contributed by atoms with Gasteiger partial charge in [0.25, 0.3) is 0 Å². The van der Waals surface area contributed by atoms with E-state index in [4.69, 9.17) is 11.1 Å². The van der Waals surface area contributed by atoms with Gasteiger partial charge in [0.05, 0.1) is 6.54 Å². The van der Waals surface area contributed by atoms with Crippen molar-refractivity contribution in [3.63, 3.8) is 0 Å². The van der Waals surface area contributed by atoms with Gasteiger partial charge in [-0.1, -0.05) is 13.8 Å². The summed E-state index contributed by atoms with van der Waals surface area (Å²) in [6, 6.07) is -0.691. The van der Waals surface area contributed by atoms with E-state index in [1.165, 1.54) is 7.05 Å². The van der Waals surface area contributed by atoms with Crippen molar-refractivity contribution in [3.05, 3.63) is 0 Å². The van der Waals surface area contributed by atoms with Gasteiger partial charge in [-0.3, -0.25) is 19.8 Å². The molecule has 0 aromatic heterocycles. The Morgan fingerprint density at radius 2 is 1.78 bits per heavy atom. The standard InChI is InChI=1S/C14H28N6O3/c1-9(2)7-11(21)19-8-12(22)20-10(13(23)17-3)5-4-6-18-14(15)16/h9-10H,4-8H2,1-3H3,(H,17,23)(H,19,21)(H,20,22)(H4,15,16,18). The van der Waals surface area contributed by atoms with Crippen LogP contribution >= 0.6 is 0 Å². The Morgan fingerprint density at radius 1 is 1.13 bits per heavy atom. The van der Waals surface area contributed by atoms with E-state index in [1.807, 2.05) is 13.8 Å². The molecule has 132 valence electrons. The van der Waals surface area contributed by atoms with Gasteiger partial charge in [-0.25, -0.2) is 0 Å². The molecular weight excluding hydrogens is 300 g/mol. The van der Waals surface area contributed by atoms with Gasteiger partial charge < -0.3 is 27.0 Å². The van der Waals surface area contributed by atoms with E-state index in [0.717, 1.165) is 0 Å².